The van der Waals surface area contributed by atoms with Crippen LogP contribution in [0.25, 0.3) is 10.2 Å². The Balaban J connectivity index is 1.35. The molecule has 1 saturated heterocycles. The highest BCUT2D eigenvalue weighted by Crippen LogP contribution is 2.47. The summed E-state index contributed by atoms with van der Waals surface area (Å²) < 4.78 is 5.98. The number of thiophene rings is 1. The molecule has 1 atom stereocenters. The molecule has 4 heterocycles. The Morgan fingerprint density at radius 3 is 2.74 bits per heavy atom. The largest absolute Gasteiger partial charge is 0.457 e. The number of anilines is 3. The number of carbonyl (C=O) groups is 3. The van der Waals surface area contributed by atoms with Crippen molar-refractivity contribution in [2.24, 2.45) is 0 Å². The van der Waals surface area contributed by atoms with E-state index in [1.807, 2.05) is 62.4 Å². The lowest BCUT2D eigenvalue weighted by Crippen LogP contribution is -2.39. The van der Waals surface area contributed by atoms with Crippen molar-refractivity contribution >= 4 is 56.5 Å². The van der Waals surface area contributed by atoms with Crippen molar-refractivity contribution in [3.8, 4) is 11.5 Å². The summed E-state index contributed by atoms with van der Waals surface area (Å²) in [6.07, 6.45) is 2.75. The highest BCUT2D eigenvalue weighted by atomic mass is 32.1. The summed E-state index contributed by atoms with van der Waals surface area (Å²) >= 11 is 1.25. The number of nitrogens with one attached hydrogen (secondary N) is 2. The molecule has 0 radical (unpaired) electrons. The van der Waals surface area contributed by atoms with Gasteiger partial charge in [0.1, 0.15) is 21.2 Å². The highest BCUT2D eigenvalue weighted by molar-refractivity contribution is 7.21. The standard InChI is InChI=1S/C29H27N5O4S/c1-3-23(35)33-14-12-18(16-33)31-27(36)26-25-24-21(11-13-30-28(24)39-26)32-29(37)34(25)22-10-9-20(15-17(22)2)38-19-7-5-4-6-8-19/h4-11,13,15,18H,3,12,14,16H2,1-2H3,(H,31,36)(H,32,37). The Kier molecular flexibility index (Phi) is 6.40. The van der Waals surface area contributed by atoms with Crippen LogP contribution in [0.5, 0.6) is 11.5 Å². The predicted octanol–water partition coefficient (Wildman–Crippen LogP) is 5.82. The number of urea groups is 1. The molecule has 4 amide bonds. The van der Waals surface area contributed by atoms with Crippen LogP contribution in [-0.2, 0) is 4.79 Å². The van der Waals surface area contributed by atoms with Gasteiger partial charge >= 0.3 is 6.03 Å². The Labute approximate surface area is 229 Å². The van der Waals surface area contributed by atoms with Crippen molar-refractivity contribution in [1.82, 2.24) is 15.2 Å². The van der Waals surface area contributed by atoms with Crippen molar-refractivity contribution < 1.29 is 19.1 Å². The van der Waals surface area contributed by atoms with Gasteiger partial charge in [0, 0.05) is 31.7 Å². The molecule has 1 unspecified atom stereocenters. The molecule has 2 aliphatic rings. The smallest absolute Gasteiger partial charge is 0.331 e. The van der Waals surface area contributed by atoms with Crippen LogP contribution in [0, 0.1) is 6.92 Å². The molecule has 0 bridgehead atoms. The number of hydrogen-bond donors (Lipinski definition) is 2. The van der Waals surface area contributed by atoms with Crippen LogP contribution in [-0.4, -0.2) is 46.9 Å². The third kappa shape index (κ3) is 4.57. The van der Waals surface area contributed by atoms with Gasteiger partial charge in [0.15, 0.2) is 0 Å². The average molecular weight is 542 g/mol. The van der Waals surface area contributed by atoms with Crippen molar-refractivity contribution in [2.45, 2.75) is 32.7 Å². The summed E-state index contributed by atoms with van der Waals surface area (Å²) in [6, 6.07) is 16.2. The number of para-hydroxylation sites is 1. The fraction of sp³-hybridized carbons (Fsp3) is 0.241. The zero-order valence-corrected chi connectivity index (χ0v) is 22.4. The van der Waals surface area contributed by atoms with E-state index in [1.54, 1.807) is 22.1 Å². The lowest BCUT2D eigenvalue weighted by atomic mass is 10.1. The van der Waals surface area contributed by atoms with Crippen molar-refractivity contribution in [1.29, 1.82) is 0 Å². The normalized spacial score (nSPS) is 16.4. The summed E-state index contributed by atoms with van der Waals surface area (Å²) in [6.45, 7) is 4.84. The van der Waals surface area contributed by atoms with Gasteiger partial charge in [0.05, 0.1) is 22.4 Å². The number of nitrogens with zero attached hydrogens (tertiary/aromatic N) is 3. The summed E-state index contributed by atoms with van der Waals surface area (Å²) in [5.41, 5.74) is 2.57. The van der Waals surface area contributed by atoms with Crippen LogP contribution < -0.4 is 20.3 Å². The van der Waals surface area contributed by atoms with Crippen LogP contribution in [0.1, 0.15) is 35.0 Å². The minimum absolute atomic E-state index is 0.0792. The van der Waals surface area contributed by atoms with Gasteiger partial charge in [-0.25, -0.2) is 9.78 Å². The van der Waals surface area contributed by atoms with Gasteiger partial charge in [0.25, 0.3) is 5.91 Å². The Bertz CT molecular complexity index is 1600. The van der Waals surface area contributed by atoms with Gasteiger partial charge < -0.3 is 20.3 Å². The molecule has 6 rings (SSSR count). The number of aryl methyl sites for hydroxylation is 1. The first-order valence-electron chi connectivity index (χ1n) is 12.9. The second-order valence-electron chi connectivity index (χ2n) is 9.60. The van der Waals surface area contributed by atoms with Crippen LogP contribution in [0.15, 0.2) is 60.8 Å². The first-order valence-corrected chi connectivity index (χ1v) is 13.7. The van der Waals surface area contributed by atoms with E-state index in [1.165, 1.54) is 11.3 Å². The molecule has 0 spiro atoms. The van der Waals surface area contributed by atoms with E-state index in [2.05, 4.69) is 15.6 Å². The average Bonchev–Trinajstić information content (AvgIpc) is 3.56. The first-order chi connectivity index (χ1) is 18.9. The van der Waals surface area contributed by atoms with E-state index >= 15 is 0 Å². The number of aromatic nitrogens is 1. The van der Waals surface area contributed by atoms with Gasteiger partial charge in [0.2, 0.25) is 5.91 Å². The van der Waals surface area contributed by atoms with Gasteiger partial charge in [-0.05, 0) is 55.3 Å². The van der Waals surface area contributed by atoms with E-state index in [-0.39, 0.29) is 23.9 Å². The Hall–Kier alpha value is -4.44. The van der Waals surface area contributed by atoms with Gasteiger partial charge in [-0.15, -0.1) is 11.3 Å². The summed E-state index contributed by atoms with van der Waals surface area (Å²) in [5, 5.41) is 6.77. The summed E-state index contributed by atoms with van der Waals surface area (Å²) in [7, 11) is 0. The minimum atomic E-state index is -0.358. The maximum absolute atomic E-state index is 13.6. The summed E-state index contributed by atoms with van der Waals surface area (Å²) in [5.74, 6) is 1.15. The lowest BCUT2D eigenvalue weighted by Gasteiger charge is -2.29. The first kappa shape index (κ1) is 24.9. The van der Waals surface area contributed by atoms with E-state index in [0.29, 0.717) is 64.2 Å². The molecule has 198 valence electrons. The fourth-order valence-corrected chi connectivity index (χ4v) is 6.18. The van der Waals surface area contributed by atoms with Crippen molar-refractivity contribution in [2.75, 3.05) is 23.3 Å². The van der Waals surface area contributed by atoms with Crippen molar-refractivity contribution in [3.63, 3.8) is 0 Å². The molecule has 1 fully saturated rings. The third-order valence-corrected chi connectivity index (χ3v) is 8.09. The van der Waals surface area contributed by atoms with Crippen LogP contribution >= 0.6 is 11.3 Å². The Morgan fingerprint density at radius 1 is 1.15 bits per heavy atom. The topological polar surface area (TPSA) is 104 Å². The van der Waals surface area contributed by atoms with E-state index < -0.39 is 0 Å². The molecule has 2 aromatic carbocycles. The number of carbonyl (C=O) groups excluding carboxylic acids is 3. The molecule has 4 aromatic rings. The van der Waals surface area contributed by atoms with E-state index in [4.69, 9.17) is 4.74 Å². The van der Waals surface area contributed by atoms with Crippen LogP contribution in [0.3, 0.4) is 0 Å². The molecular weight excluding hydrogens is 514 g/mol. The maximum atomic E-state index is 13.6. The molecule has 0 aliphatic carbocycles. The zero-order chi connectivity index (χ0) is 27.1. The monoisotopic (exact) mass is 541 g/mol. The lowest BCUT2D eigenvalue weighted by molar-refractivity contribution is -0.129. The van der Waals surface area contributed by atoms with Gasteiger partial charge in [-0.1, -0.05) is 25.1 Å². The zero-order valence-electron chi connectivity index (χ0n) is 21.6. The second kappa shape index (κ2) is 10.0. The minimum Gasteiger partial charge on any atom is -0.457 e. The third-order valence-electron chi connectivity index (χ3n) is 7.01. The van der Waals surface area contributed by atoms with Gasteiger partial charge in [-0.2, -0.15) is 0 Å². The maximum Gasteiger partial charge on any atom is 0.331 e. The Morgan fingerprint density at radius 2 is 1.97 bits per heavy atom. The molecule has 2 aromatic heterocycles. The number of likely N-dealkylation sites (tertiary alicyclic amines) is 1. The molecule has 2 aliphatic heterocycles. The molecule has 10 heteroatoms. The predicted molar refractivity (Wildman–Crippen MR) is 151 cm³/mol. The quantitative estimate of drug-likeness (QED) is 0.320. The van der Waals surface area contributed by atoms with Crippen LogP contribution in [0.2, 0.25) is 0 Å². The van der Waals surface area contributed by atoms with Crippen molar-refractivity contribution in [3.05, 3.63) is 71.2 Å². The number of benzene rings is 2. The number of amides is 4. The van der Waals surface area contributed by atoms with E-state index in [0.717, 1.165) is 10.9 Å². The highest BCUT2D eigenvalue weighted by Gasteiger charge is 2.36. The van der Waals surface area contributed by atoms with E-state index in [9.17, 15) is 14.4 Å². The second-order valence-corrected chi connectivity index (χ2v) is 10.6. The molecule has 0 saturated carbocycles. The summed E-state index contributed by atoms with van der Waals surface area (Å²) in [4.78, 5) is 48.1. The molecule has 39 heavy (non-hydrogen) atoms. The number of rotatable bonds is 6. The number of hydrogen-bond acceptors (Lipinski definition) is 6. The van der Waals surface area contributed by atoms with Crippen LogP contribution in [0.4, 0.5) is 21.9 Å². The fourth-order valence-electron chi connectivity index (χ4n) is 5.13. The molecular formula is C29H27N5O4S. The SMILES string of the molecule is CCC(=O)N1CCC(NC(=O)c2sc3nccc4c3c2N(c2ccc(Oc3ccccc3)cc2C)C(=O)N4)C1. The molecule has 9 nitrogen and oxygen atoms in total. The number of ether oxygens (including phenoxy) is 1. The number of pyridine rings is 1. The van der Waals surface area contributed by atoms with Gasteiger partial charge in [-0.3, -0.25) is 14.5 Å². The molecule has 2 N–H and O–H groups in total.